The number of nitrogens with one attached hydrogen (secondary N) is 1. The van der Waals surface area contributed by atoms with Crippen LogP contribution < -0.4 is 14.8 Å². The predicted molar refractivity (Wildman–Crippen MR) is 85.8 cm³/mol. The number of nitrogens with zero attached hydrogens (tertiary/aromatic N) is 1. The Morgan fingerprint density at radius 2 is 2.13 bits per heavy atom. The first-order chi connectivity index (χ1) is 11.2. The van der Waals surface area contributed by atoms with E-state index in [0.717, 1.165) is 31.5 Å². The molecule has 0 aromatic heterocycles. The number of benzene rings is 1. The Balaban J connectivity index is 1.79. The summed E-state index contributed by atoms with van der Waals surface area (Å²) in [6.45, 7) is 2.76. The van der Waals surface area contributed by atoms with Crippen molar-refractivity contribution in [1.82, 2.24) is 10.2 Å². The smallest absolute Gasteiger partial charge is 0.253 e. The second-order valence-electron chi connectivity index (χ2n) is 5.87. The van der Waals surface area contributed by atoms with E-state index in [1.54, 1.807) is 14.2 Å². The Kier molecular flexibility index (Phi) is 5.03. The van der Waals surface area contributed by atoms with Crippen LogP contribution in [0.4, 0.5) is 0 Å². The van der Waals surface area contributed by atoms with E-state index in [9.17, 15) is 4.79 Å². The summed E-state index contributed by atoms with van der Waals surface area (Å²) in [6.07, 6.45) is 1.59. The second kappa shape index (κ2) is 7.19. The molecule has 6 nitrogen and oxygen atoms in total. The topological polar surface area (TPSA) is 60.0 Å². The summed E-state index contributed by atoms with van der Waals surface area (Å²) in [5, 5.41) is 3.22. The van der Waals surface area contributed by atoms with Crippen LogP contribution in [0.5, 0.6) is 11.5 Å². The summed E-state index contributed by atoms with van der Waals surface area (Å²) < 4.78 is 16.3. The van der Waals surface area contributed by atoms with Crippen LogP contribution in [0, 0.1) is 0 Å². The molecule has 1 aromatic carbocycles. The SMILES string of the molecule is COc1ccc(C2CCCN2C(=O)C2CNCCO2)cc1OC. The minimum Gasteiger partial charge on any atom is -0.493 e. The van der Waals surface area contributed by atoms with Crippen LogP contribution in [0.25, 0.3) is 0 Å². The number of ether oxygens (including phenoxy) is 3. The number of carbonyl (C=O) groups is 1. The van der Waals surface area contributed by atoms with Crippen molar-refractivity contribution in [1.29, 1.82) is 0 Å². The van der Waals surface area contributed by atoms with Crippen molar-refractivity contribution in [3.63, 3.8) is 0 Å². The molecule has 6 heteroatoms. The van der Waals surface area contributed by atoms with Crippen LogP contribution in [0.1, 0.15) is 24.4 Å². The van der Waals surface area contributed by atoms with Gasteiger partial charge in [-0.15, -0.1) is 0 Å². The summed E-state index contributed by atoms with van der Waals surface area (Å²) in [7, 11) is 3.25. The summed E-state index contributed by atoms with van der Waals surface area (Å²) in [4.78, 5) is 14.7. The Hall–Kier alpha value is -1.79. The van der Waals surface area contributed by atoms with E-state index in [4.69, 9.17) is 14.2 Å². The minimum absolute atomic E-state index is 0.0767. The summed E-state index contributed by atoms with van der Waals surface area (Å²) in [5.41, 5.74) is 1.08. The molecule has 0 spiro atoms. The highest BCUT2D eigenvalue weighted by atomic mass is 16.5. The van der Waals surface area contributed by atoms with Gasteiger partial charge >= 0.3 is 0 Å². The molecule has 126 valence electrons. The van der Waals surface area contributed by atoms with Gasteiger partial charge in [0.15, 0.2) is 11.5 Å². The zero-order valence-electron chi connectivity index (χ0n) is 13.7. The Morgan fingerprint density at radius 1 is 1.30 bits per heavy atom. The molecule has 0 bridgehead atoms. The van der Waals surface area contributed by atoms with Gasteiger partial charge in [-0.1, -0.05) is 6.07 Å². The highest BCUT2D eigenvalue weighted by Gasteiger charge is 2.35. The second-order valence-corrected chi connectivity index (χ2v) is 5.87. The summed E-state index contributed by atoms with van der Waals surface area (Å²) >= 11 is 0. The Bertz CT molecular complexity index is 558. The van der Waals surface area contributed by atoms with Crippen molar-refractivity contribution >= 4 is 5.91 Å². The van der Waals surface area contributed by atoms with Gasteiger partial charge in [-0.25, -0.2) is 0 Å². The zero-order chi connectivity index (χ0) is 16.2. The Labute approximate surface area is 136 Å². The fraction of sp³-hybridized carbons (Fsp3) is 0.588. The van der Waals surface area contributed by atoms with Crippen molar-refractivity contribution in [3.8, 4) is 11.5 Å². The van der Waals surface area contributed by atoms with Crippen LogP contribution in [0.15, 0.2) is 18.2 Å². The molecule has 2 saturated heterocycles. The third-order valence-corrected chi connectivity index (χ3v) is 4.53. The van der Waals surface area contributed by atoms with Crippen molar-refractivity contribution in [2.24, 2.45) is 0 Å². The number of likely N-dealkylation sites (tertiary alicyclic amines) is 1. The van der Waals surface area contributed by atoms with Gasteiger partial charge in [0, 0.05) is 19.6 Å². The largest absolute Gasteiger partial charge is 0.493 e. The first kappa shape index (κ1) is 16.1. The Morgan fingerprint density at radius 3 is 2.83 bits per heavy atom. The van der Waals surface area contributed by atoms with Gasteiger partial charge in [-0.2, -0.15) is 0 Å². The van der Waals surface area contributed by atoms with E-state index in [0.29, 0.717) is 24.7 Å². The monoisotopic (exact) mass is 320 g/mol. The normalized spacial score (nSPS) is 24.5. The first-order valence-corrected chi connectivity index (χ1v) is 8.09. The molecule has 2 atom stereocenters. The third-order valence-electron chi connectivity index (χ3n) is 4.53. The molecule has 1 aromatic rings. The van der Waals surface area contributed by atoms with Gasteiger partial charge in [0.05, 0.1) is 26.9 Å². The average molecular weight is 320 g/mol. The van der Waals surface area contributed by atoms with E-state index in [-0.39, 0.29) is 18.1 Å². The average Bonchev–Trinajstić information content (AvgIpc) is 3.10. The van der Waals surface area contributed by atoms with Crippen LogP contribution in [-0.4, -0.2) is 57.4 Å². The zero-order valence-corrected chi connectivity index (χ0v) is 13.7. The minimum atomic E-state index is -0.371. The number of rotatable bonds is 4. The fourth-order valence-electron chi connectivity index (χ4n) is 3.35. The van der Waals surface area contributed by atoms with Crippen molar-refractivity contribution in [2.75, 3.05) is 40.5 Å². The number of morpholine rings is 1. The van der Waals surface area contributed by atoms with E-state index in [2.05, 4.69) is 5.32 Å². The lowest BCUT2D eigenvalue weighted by Crippen LogP contribution is -2.49. The van der Waals surface area contributed by atoms with Crippen molar-refractivity contribution in [3.05, 3.63) is 23.8 Å². The highest BCUT2D eigenvalue weighted by Crippen LogP contribution is 2.37. The molecule has 2 fully saturated rings. The van der Waals surface area contributed by atoms with Crippen LogP contribution in [-0.2, 0) is 9.53 Å². The van der Waals surface area contributed by atoms with E-state index >= 15 is 0 Å². The van der Waals surface area contributed by atoms with Gasteiger partial charge in [0.25, 0.3) is 5.91 Å². The van der Waals surface area contributed by atoms with E-state index in [1.807, 2.05) is 23.1 Å². The molecule has 1 N–H and O–H groups in total. The fourth-order valence-corrected chi connectivity index (χ4v) is 3.35. The maximum Gasteiger partial charge on any atom is 0.253 e. The van der Waals surface area contributed by atoms with Crippen molar-refractivity contribution in [2.45, 2.75) is 25.0 Å². The lowest BCUT2D eigenvalue weighted by molar-refractivity contribution is -0.146. The quantitative estimate of drug-likeness (QED) is 0.907. The van der Waals surface area contributed by atoms with E-state index < -0.39 is 0 Å². The van der Waals surface area contributed by atoms with Crippen LogP contribution in [0.2, 0.25) is 0 Å². The highest BCUT2D eigenvalue weighted by molar-refractivity contribution is 5.82. The van der Waals surface area contributed by atoms with Gasteiger partial charge in [-0.05, 0) is 30.5 Å². The molecule has 23 heavy (non-hydrogen) atoms. The molecule has 0 aliphatic carbocycles. The van der Waals surface area contributed by atoms with Crippen molar-refractivity contribution < 1.29 is 19.0 Å². The molecular weight excluding hydrogens is 296 g/mol. The van der Waals surface area contributed by atoms with Gasteiger partial charge < -0.3 is 24.4 Å². The lowest BCUT2D eigenvalue weighted by atomic mass is 10.0. The summed E-state index contributed by atoms with van der Waals surface area (Å²) in [6, 6.07) is 5.95. The predicted octanol–water partition coefficient (Wildman–Crippen LogP) is 1.36. The number of hydrogen-bond acceptors (Lipinski definition) is 5. The van der Waals surface area contributed by atoms with Gasteiger partial charge in [-0.3, -0.25) is 4.79 Å². The van der Waals surface area contributed by atoms with Gasteiger partial charge in [0.1, 0.15) is 6.10 Å². The molecule has 1 amide bonds. The number of carbonyl (C=O) groups excluding carboxylic acids is 1. The third kappa shape index (κ3) is 3.28. The maximum atomic E-state index is 12.8. The molecule has 2 heterocycles. The molecular formula is C17H24N2O4. The van der Waals surface area contributed by atoms with Crippen LogP contribution in [0.3, 0.4) is 0 Å². The molecule has 0 radical (unpaired) electrons. The van der Waals surface area contributed by atoms with Gasteiger partial charge in [0.2, 0.25) is 0 Å². The lowest BCUT2D eigenvalue weighted by Gasteiger charge is -2.31. The number of methoxy groups -OCH3 is 2. The molecule has 3 rings (SSSR count). The van der Waals surface area contributed by atoms with E-state index in [1.165, 1.54) is 0 Å². The summed E-state index contributed by atoms with van der Waals surface area (Å²) in [5.74, 6) is 1.47. The van der Waals surface area contributed by atoms with Crippen LogP contribution >= 0.6 is 0 Å². The standard InChI is InChI=1S/C17H24N2O4/c1-21-14-6-5-12(10-15(14)22-2)13-4-3-8-19(13)17(20)16-11-18-7-9-23-16/h5-6,10,13,16,18H,3-4,7-9,11H2,1-2H3. The number of amides is 1. The molecule has 0 saturated carbocycles. The molecule has 2 aliphatic rings. The maximum absolute atomic E-state index is 12.8. The molecule has 2 unspecified atom stereocenters. The first-order valence-electron chi connectivity index (χ1n) is 8.09. The molecule has 2 aliphatic heterocycles. The number of hydrogen-bond donors (Lipinski definition) is 1.